The van der Waals surface area contributed by atoms with Crippen LogP contribution in [0.4, 0.5) is 0 Å². The zero-order valence-electron chi connectivity index (χ0n) is 10.7. The van der Waals surface area contributed by atoms with Gasteiger partial charge in [-0.25, -0.2) is 9.78 Å². The number of nitrogens with two attached hydrogens (primary N) is 1. The number of aliphatic hydroxyl groups excluding tert-OH is 3. The number of aromatic carboxylic acids is 1. The molecule has 0 spiro atoms. The van der Waals surface area contributed by atoms with E-state index >= 15 is 0 Å². The van der Waals surface area contributed by atoms with Crippen LogP contribution in [0.2, 0.25) is 0 Å². The van der Waals surface area contributed by atoms with Crippen LogP contribution in [0.15, 0.2) is 24.5 Å². The van der Waals surface area contributed by atoms with E-state index in [9.17, 15) is 4.79 Å². The van der Waals surface area contributed by atoms with Gasteiger partial charge >= 0.3 is 5.97 Å². The van der Waals surface area contributed by atoms with E-state index in [4.69, 9.17) is 26.2 Å². The minimum atomic E-state index is -1.21. The lowest BCUT2D eigenvalue weighted by Gasteiger charge is -2.20. The van der Waals surface area contributed by atoms with Crippen LogP contribution in [0.5, 0.6) is 0 Å². The van der Waals surface area contributed by atoms with Gasteiger partial charge in [-0.2, -0.15) is 0 Å². The maximum atomic E-state index is 10.5. The van der Waals surface area contributed by atoms with Crippen molar-refractivity contribution >= 4 is 17.0 Å². The molecule has 1 heterocycles. The molecule has 1 aromatic heterocycles. The Morgan fingerprint density at radius 1 is 1.25 bits per heavy atom. The second kappa shape index (κ2) is 6.96. The molecule has 8 heteroatoms. The van der Waals surface area contributed by atoms with Gasteiger partial charge in [0.2, 0.25) is 0 Å². The molecule has 8 nitrogen and oxygen atoms in total. The van der Waals surface area contributed by atoms with Gasteiger partial charge in [0.05, 0.1) is 48.3 Å². The summed E-state index contributed by atoms with van der Waals surface area (Å²) in [4.78, 5) is 17.3. The third-order valence-electron chi connectivity index (χ3n) is 2.61. The molecule has 0 aliphatic carbocycles. The van der Waals surface area contributed by atoms with Gasteiger partial charge in [0, 0.05) is 0 Å². The van der Waals surface area contributed by atoms with Gasteiger partial charge in [0.1, 0.15) is 0 Å². The lowest BCUT2D eigenvalue weighted by atomic mass is 10.1. The molecule has 0 unspecified atom stereocenters. The zero-order chi connectivity index (χ0) is 15.2. The summed E-state index contributed by atoms with van der Waals surface area (Å²) < 4.78 is 0. The number of nitrogens with zero attached hydrogens (tertiary/aromatic N) is 1. The van der Waals surface area contributed by atoms with Crippen LogP contribution in [0.1, 0.15) is 10.4 Å². The van der Waals surface area contributed by atoms with Crippen molar-refractivity contribution in [2.24, 2.45) is 5.73 Å². The number of carboxylic acids is 1. The van der Waals surface area contributed by atoms with E-state index in [2.05, 4.69) is 9.97 Å². The Kier molecular flexibility index (Phi) is 5.59. The summed E-state index contributed by atoms with van der Waals surface area (Å²) in [6, 6.07) is 4.77. The molecule has 0 saturated carbocycles. The van der Waals surface area contributed by atoms with Gasteiger partial charge in [-0.15, -0.1) is 0 Å². The van der Waals surface area contributed by atoms with Crippen molar-refractivity contribution in [1.29, 1.82) is 0 Å². The van der Waals surface area contributed by atoms with Crippen LogP contribution in [0.25, 0.3) is 11.0 Å². The normalized spacial score (nSPS) is 11.0. The minimum absolute atomic E-state index is 0.270. The summed E-state index contributed by atoms with van der Waals surface area (Å²) in [5.41, 5.74) is 5.73. The van der Waals surface area contributed by atoms with Crippen LogP contribution in [0.3, 0.4) is 0 Å². The van der Waals surface area contributed by atoms with Crippen molar-refractivity contribution in [3.8, 4) is 0 Å². The zero-order valence-corrected chi connectivity index (χ0v) is 10.7. The largest absolute Gasteiger partial charge is 0.478 e. The maximum absolute atomic E-state index is 10.5. The van der Waals surface area contributed by atoms with E-state index in [1.165, 1.54) is 12.4 Å². The quantitative estimate of drug-likeness (QED) is 0.417. The first kappa shape index (κ1) is 16.1. The molecule has 0 radical (unpaired) electrons. The van der Waals surface area contributed by atoms with Crippen molar-refractivity contribution in [2.75, 3.05) is 19.8 Å². The van der Waals surface area contributed by atoms with E-state index < -0.39 is 31.3 Å². The highest BCUT2D eigenvalue weighted by molar-refractivity contribution is 5.92. The number of H-pyrrole nitrogens is 1. The third kappa shape index (κ3) is 4.00. The Bertz CT molecular complexity index is 557. The number of imidazole rings is 1. The minimum Gasteiger partial charge on any atom is -0.478 e. The first-order valence-corrected chi connectivity index (χ1v) is 5.73. The summed E-state index contributed by atoms with van der Waals surface area (Å²) in [6.45, 7) is -1.21. The summed E-state index contributed by atoms with van der Waals surface area (Å²) in [6.07, 6.45) is 1.54. The second-order valence-corrected chi connectivity index (χ2v) is 4.28. The lowest BCUT2D eigenvalue weighted by Crippen LogP contribution is -2.50. The monoisotopic (exact) mass is 283 g/mol. The van der Waals surface area contributed by atoms with E-state index in [0.717, 1.165) is 11.0 Å². The molecule has 2 rings (SSSR count). The molecule has 110 valence electrons. The van der Waals surface area contributed by atoms with Crippen LogP contribution < -0.4 is 5.73 Å². The molecule has 0 saturated heterocycles. The Balaban J connectivity index is 0.000000221. The fourth-order valence-electron chi connectivity index (χ4n) is 1.22. The number of carboxylic acid groups (broad SMARTS) is 1. The van der Waals surface area contributed by atoms with Gasteiger partial charge in [-0.1, -0.05) is 0 Å². The molecule has 1 aromatic carbocycles. The predicted octanol–water partition coefficient (Wildman–Crippen LogP) is -1.08. The molecule has 0 atom stereocenters. The van der Waals surface area contributed by atoms with Crippen molar-refractivity contribution in [3.63, 3.8) is 0 Å². The predicted molar refractivity (Wildman–Crippen MR) is 71.2 cm³/mol. The van der Waals surface area contributed by atoms with E-state index in [0.29, 0.717) is 0 Å². The van der Waals surface area contributed by atoms with E-state index in [1.807, 2.05) is 0 Å². The van der Waals surface area contributed by atoms with E-state index in [1.54, 1.807) is 12.1 Å². The summed E-state index contributed by atoms with van der Waals surface area (Å²) in [5, 5.41) is 33.7. The van der Waals surface area contributed by atoms with Gasteiger partial charge in [-0.3, -0.25) is 0 Å². The Hall–Kier alpha value is -2.00. The second-order valence-electron chi connectivity index (χ2n) is 4.28. The summed E-state index contributed by atoms with van der Waals surface area (Å²) in [7, 11) is 0. The van der Waals surface area contributed by atoms with Crippen molar-refractivity contribution in [3.05, 3.63) is 30.1 Å². The first-order chi connectivity index (χ1) is 9.45. The average Bonchev–Trinajstić information content (AvgIpc) is 2.94. The first-order valence-electron chi connectivity index (χ1n) is 5.73. The highest BCUT2D eigenvalue weighted by Crippen LogP contribution is 2.10. The number of aliphatic hydroxyl groups is 3. The Morgan fingerprint density at radius 3 is 2.30 bits per heavy atom. The average molecular weight is 283 g/mol. The van der Waals surface area contributed by atoms with Crippen LogP contribution in [-0.4, -0.2) is 61.7 Å². The number of benzene rings is 1. The SMILES string of the molecule is NC(CO)(CO)CO.O=C(O)c1ccc2nc[nH]c2c1. The van der Waals surface area contributed by atoms with Crippen LogP contribution in [-0.2, 0) is 0 Å². The molecule has 7 N–H and O–H groups in total. The Morgan fingerprint density at radius 2 is 1.85 bits per heavy atom. The smallest absolute Gasteiger partial charge is 0.335 e. The van der Waals surface area contributed by atoms with Gasteiger partial charge in [0.15, 0.2) is 0 Å². The molecule has 0 bridgehead atoms. The lowest BCUT2D eigenvalue weighted by molar-refractivity contribution is 0.0692. The molecular weight excluding hydrogens is 266 g/mol. The molecule has 2 aromatic rings. The molecule has 20 heavy (non-hydrogen) atoms. The number of carbonyl (C=O) groups is 1. The number of nitrogens with one attached hydrogen (secondary N) is 1. The van der Waals surface area contributed by atoms with Gasteiger partial charge in [0.25, 0.3) is 0 Å². The topological polar surface area (TPSA) is 153 Å². The van der Waals surface area contributed by atoms with Crippen molar-refractivity contribution < 1.29 is 25.2 Å². The Labute approximate surface area is 114 Å². The van der Waals surface area contributed by atoms with Crippen LogP contribution >= 0.6 is 0 Å². The number of rotatable bonds is 4. The number of hydrogen-bond donors (Lipinski definition) is 6. The fourth-order valence-corrected chi connectivity index (χ4v) is 1.22. The van der Waals surface area contributed by atoms with Gasteiger partial charge < -0.3 is 31.1 Å². The van der Waals surface area contributed by atoms with E-state index in [-0.39, 0.29) is 5.56 Å². The van der Waals surface area contributed by atoms with Crippen molar-refractivity contribution in [2.45, 2.75) is 5.54 Å². The third-order valence-corrected chi connectivity index (χ3v) is 2.61. The molecular formula is C12H17N3O5. The standard InChI is InChI=1S/C8H6N2O2.C4H11NO3/c11-8(12)5-1-2-6-7(3-5)10-4-9-6;5-4(1-6,2-7)3-8/h1-4H,(H,9,10)(H,11,12);6-8H,1-3,5H2. The van der Waals surface area contributed by atoms with Crippen LogP contribution in [0, 0.1) is 0 Å². The summed E-state index contributed by atoms with van der Waals surface area (Å²) >= 11 is 0. The summed E-state index contributed by atoms with van der Waals surface area (Å²) in [5.74, 6) is -0.925. The number of hydrogen-bond acceptors (Lipinski definition) is 6. The maximum Gasteiger partial charge on any atom is 0.335 e. The molecule has 0 aliphatic rings. The molecule has 0 aliphatic heterocycles. The molecule has 0 fully saturated rings. The van der Waals surface area contributed by atoms with Gasteiger partial charge in [-0.05, 0) is 18.2 Å². The number of aromatic amines is 1. The number of fused-ring (bicyclic) bond motifs is 1. The molecule has 0 amide bonds. The highest BCUT2D eigenvalue weighted by Gasteiger charge is 2.20. The highest BCUT2D eigenvalue weighted by atomic mass is 16.4. The van der Waals surface area contributed by atoms with Crippen molar-refractivity contribution in [1.82, 2.24) is 9.97 Å². The number of aromatic nitrogens is 2. The fraction of sp³-hybridized carbons (Fsp3) is 0.333.